The van der Waals surface area contributed by atoms with E-state index in [0.717, 1.165) is 19.5 Å². The van der Waals surface area contributed by atoms with Gasteiger partial charge in [-0.05, 0) is 26.0 Å². The van der Waals surface area contributed by atoms with Crippen molar-refractivity contribution in [2.45, 2.75) is 13.8 Å². The van der Waals surface area contributed by atoms with Gasteiger partial charge in [-0.25, -0.2) is 0 Å². The Morgan fingerprint density at radius 2 is 1.25 bits per heavy atom. The average molecular weight is 275 g/mol. The van der Waals surface area contributed by atoms with Gasteiger partial charge in [0, 0.05) is 17.6 Å². The number of aliphatic carboxylic acids is 2. The minimum absolute atomic E-state index is 0. The second kappa shape index (κ2) is 13.5. The summed E-state index contributed by atoms with van der Waals surface area (Å²) in [6.45, 7) is 1.94. The molecule has 0 saturated heterocycles. The van der Waals surface area contributed by atoms with Crippen molar-refractivity contribution in [3.8, 4) is 0 Å². The van der Waals surface area contributed by atoms with Crippen LogP contribution in [0.15, 0.2) is 30.3 Å². The summed E-state index contributed by atoms with van der Waals surface area (Å²) in [4.78, 5) is 17.8. The van der Waals surface area contributed by atoms with E-state index in [4.69, 9.17) is 25.5 Å². The molecule has 0 saturated carbocycles. The Bertz CT molecular complexity index is 270. The molecule has 0 aliphatic heterocycles. The van der Waals surface area contributed by atoms with E-state index in [2.05, 4.69) is 0 Å². The molecular formula is C10H13CuNO4. The molecule has 0 aromatic heterocycles. The molecule has 0 amide bonds. The first kappa shape index (κ1) is 20.0. The van der Waals surface area contributed by atoms with Gasteiger partial charge < -0.3 is 25.5 Å². The summed E-state index contributed by atoms with van der Waals surface area (Å²) >= 11 is 0. The van der Waals surface area contributed by atoms with Crippen molar-refractivity contribution in [2.75, 3.05) is 5.73 Å². The van der Waals surface area contributed by atoms with Gasteiger partial charge in [0.2, 0.25) is 0 Å². The summed E-state index contributed by atoms with van der Waals surface area (Å²) in [6.07, 6.45) is 0. The van der Waals surface area contributed by atoms with E-state index >= 15 is 0 Å². The molecule has 0 heterocycles. The van der Waals surface area contributed by atoms with E-state index < -0.39 is 11.9 Å². The molecule has 6 heteroatoms. The van der Waals surface area contributed by atoms with Crippen LogP contribution in [0.2, 0.25) is 0 Å². The van der Waals surface area contributed by atoms with Gasteiger partial charge in [-0.3, -0.25) is 0 Å². The van der Waals surface area contributed by atoms with Crippen LogP contribution in [0.5, 0.6) is 0 Å². The molecule has 0 aliphatic rings. The zero-order valence-corrected chi connectivity index (χ0v) is 9.84. The van der Waals surface area contributed by atoms with E-state index in [-0.39, 0.29) is 17.1 Å². The van der Waals surface area contributed by atoms with Gasteiger partial charge in [-0.15, -0.1) is 0 Å². The van der Waals surface area contributed by atoms with Crippen LogP contribution in [0, 0.1) is 0 Å². The Hall–Kier alpha value is -1.52. The summed E-state index contributed by atoms with van der Waals surface area (Å²) < 4.78 is 0. The number of benzene rings is 1. The molecule has 1 aromatic rings. The average Bonchev–Trinajstić information content (AvgIpc) is 2.03. The maximum atomic E-state index is 8.89. The first-order valence-corrected chi connectivity index (χ1v) is 4.02. The normalized spacial score (nSPS) is 6.88. The molecule has 93 valence electrons. The van der Waals surface area contributed by atoms with Crippen LogP contribution in [0.3, 0.4) is 0 Å². The number of para-hydroxylation sites is 1. The second-order valence-corrected chi connectivity index (χ2v) is 2.39. The summed E-state index contributed by atoms with van der Waals surface area (Å²) in [6, 6.07) is 9.49. The van der Waals surface area contributed by atoms with E-state index in [1.54, 1.807) is 0 Å². The number of nitrogens with two attached hydrogens (primary N) is 1. The number of nitrogen functional groups attached to an aromatic ring is 1. The van der Waals surface area contributed by atoms with E-state index in [0.29, 0.717) is 0 Å². The molecule has 0 aliphatic carbocycles. The smallest absolute Gasteiger partial charge is 0.550 e. The second-order valence-electron chi connectivity index (χ2n) is 2.39. The molecular weight excluding hydrogens is 262 g/mol. The molecule has 1 rings (SSSR count). The van der Waals surface area contributed by atoms with Crippen LogP contribution in [-0.4, -0.2) is 11.9 Å². The number of carbonyl (C=O) groups excluding carboxylic acids is 2. The number of rotatable bonds is 0. The Morgan fingerprint density at radius 1 is 1.00 bits per heavy atom. The molecule has 1 aromatic carbocycles. The van der Waals surface area contributed by atoms with Gasteiger partial charge in [0.15, 0.2) is 0 Å². The third kappa shape index (κ3) is 39.2. The molecule has 0 bridgehead atoms. The Morgan fingerprint density at radius 3 is 1.38 bits per heavy atom. The quantitative estimate of drug-likeness (QED) is 0.471. The van der Waals surface area contributed by atoms with E-state index in [1.807, 2.05) is 30.3 Å². The molecule has 1 radical (unpaired) electrons. The largest absolute Gasteiger partial charge is 2.00 e. The first-order valence-electron chi connectivity index (χ1n) is 4.02. The van der Waals surface area contributed by atoms with Crippen LogP contribution in [0.1, 0.15) is 13.8 Å². The topological polar surface area (TPSA) is 106 Å². The van der Waals surface area contributed by atoms with Gasteiger partial charge in [0.25, 0.3) is 0 Å². The molecule has 2 N–H and O–H groups in total. The van der Waals surface area contributed by atoms with Crippen molar-refractivity contribution < 1.29 is 36.9 Å². The van der Waals surface area contributed by atoms with Gasteiger partial charge >= 0.3 is 17.1 Å². The monoisotopic (exact) mass is 274 g/mol. The zero-order chi connectivity index (χ0) is 12.3. The first-order chi connectivity index (χ1) is 6.86. The fourth-order valence-corrected chi connectivity index (χ4v) is 0.453. The minimum atomic E-state index is -1.08. The maximum absolute atomic E-state index is 8.89. The summed E-state index contributed by atoms with van der Waals surface area (Å²) in [7, 11) is 0. The Kier molecular flexibility index (Phi) is 16.8. The number of carbonyl (C=O) groups is 2. The van der Waals surface area contributed by atoms with Crippen LogP contribution in [0.25, 0.3) is 0 Å². The fraction of sp³-hybridized carbons (Fsp3) is 0.200. The molecule has 0 spiro atoms. The van der Waals surface area contributed by atoms with Crippen molar-refractivity contribution in [3.63, 3.8) is 0 Å². The van der Waals surface area contributed by atoms with Crippen LogP contribution in [-0.2, 0) is 26.7 Å². The molecule has 0 unspecified atom stereocenters. The van der Waals surface area contributed by atoms with Gasteiger partial charge in [0.1, 0.15) is 0 Å². The van der Waals surface area contributed by atoms with Crippen molar-refractivity contribution in [1.29, 1.82) is 0 Å². The Labute approximate surface area is 105 Å². The number of carboxylic acid groups (broad SMARTS) is 2. The maximum Gasteiger partial charge on any atom is 2.00 e. The van der Waals surface area contributed by atoms with Crippen molar-refractivity contribution in [2.24, 2.45) is 0 Å². The van der Waals surface area contributed by atoms with Crippen molar-refractivity contribution in [1.82, 2.24) is 0 Å². The van der Waals surface area contributed by atoms with Gasteiger partial charge in [0.05, 0.1) is 0 Å². The number of anilines is 1. The van der Waals surface area contributed by atoms with Gasteiger partial charge in [-0.1, -0.05) is 18.2 Å². The summed E-state index contributed by atoms with van der Waals surface area (Å²) in [5.41, 5.74) is 6.18. The zero-order valence-electron chi connectivity index (χ0n) is 8.90. The van der Waals surface area contributed by atoms with Crippen LogP contribution >= 0.6 is 0 Å². The third-order valence-electron chi connectivity index (χ3n) is 0.800. The summed E-state index contributed by atoms with van der Waals surface area (Å²) in [5.74, 6) is -2.17. The number of hydrogen-bond donors (Lipinski definition) is 1. The van der Waals surface area contributed by atoms with E-state index in [9.17, 15) is 0 Å². The predicted molar refractivity (Wildman–Crippen MR) is 52.2 cm³/mol. The fourth-order valence-electron chi connectivity index (χ4n) is 0.453. The molecule has 0 atom stereocenters. The summed E-state index contributed by atoms with van der Waals surface area (Å²) in [5, 5.41) is 17.8. The molecule has 5 nitrogen and oxygen atoms in total. The third-order valence-corrected chi connectivity index (χ3v) is 0.800. The van der Waals surface area contributed by atoms with Crippen LogP contribution < -0.4 is 15.9 Å². The van der Waals surface area contributed by atoms with Crippen molar-refractivity contribution in [3.05, 3.63) is 30.3 Å². The van der Waals surface area contributed by atoms with Crippen LogP contribution in [0.4, 0.5) is 5.69 Å². The van der Waals surface area contributed by atoms with E-state index in [1.165, 1.54) is 0 Å². The standard InChI is InChI=1S/C6H7N.2C2H4O2.Cu/c7-6-4-2-1-3-5-6;2*1-2(3)4;/h1-5H,7H2;2*1H3,(H,3,4);/q;;;+2/p-2. The number of carboxylic acids is 2. The van der Waals surface area contributed by atoms with Crippen molar-refractivity contribution >= 4 is 17.6 Å². The SMILES string of the molecule is CC(=O)[O-].CC(=O)[O-].Nc1ccccc1.[Cu+2]. The minimum Gasteiger partial charge on any atom is -0.550 e. The van der Waals surface area contributed by atoms with Gasteiger partial charge in [-0.2, -0.15) is 0 Å². The molecule has 16 heavy (non-hydrogen) atoms. The molecule has 0 fully saturated rings. The Balaban J connectivity index is -0.000000166. The predicted octanol–water partition coefficient (Wildman–Crippen LogP) is -1.22. The number of hydrogen-bond acceptors (Lipinski definition) is 5.